The van der Waals surface area contributed by atoms with Gasteiger partial charge in [-0.3, -0.25) is 4.79 Å². The van der Waals surface area contributed by atoms with Gasteiger partial charge >= 0.3 is 5.97 Å². The van der Waals surface area contributed by atoms with Crippen LogP contribution in [0.2, 0.25) is 0 Å². The summed E-state index contributed by atoms with van der Waals surface area (Å²) in [4.78, 5) is 18.5. The molecule has 2 rings (SSSR count). The monoisotopic (exact) mass is 244 g/mol. The fourth-order valence-corrected chi connectivity index (χ4v) is 1.59. The number of carbonyl (C=O) groups is 1. The van der Waals surface area contributed by atoms with Gasteiger partial charge < -0.3 is 9.72 Å². The molecule has 0 aliphatic heterocycles. The lowest BCUT2D eigenvalue weighted by atomic mass is 10.1. The van der Waals surface area contributed by atoms with Crippen LogP contribution in [0.25, 0.3) is 11.4 Å². The summed E-state index contributed by atoms with van der Waals surface area (Å²) in [5.74, 6) is 0.856. The number of benzene rings is 1. The Morgan fingerprint density at radius 3 is 2.72 bits per heavy atom. The number of carbonyl (C=O) groups excluding carboxylic acids is 1. The topological polar surface area (TPSA) is 55.0 Å². The number of aromatic nitrogens is 2. The molecule has 1 aromatic carbocycles. The minimum absolute atomic E-state index is 0.239. The highest BCUT2D eigenvalue weighted by atomic mass is 16.5. The smallest absolute Gasteiger partial charge is 0.312 e. The number of hydrogen-bond donors (Lipinski definition) is 1. The molecule has 4 heteroatoms. The molecule has 0 unspecified atom stereocenters. The van der Waals surface area contributed by atoms with Crippen molar-refractivity contribution in [1.29, 1.82) is 0 Å². The molecule has 0 fully saturated rings. The van der Waals surface area contributed by atoms with Crippen LogP contribution in [0, 0.1) is 6.92 Å². The van der Waals surface area contributed by atoms with Crippen LogP contribution in [0.5, 0.6) is 5.88 Å². The van der Waals surface area contributed by atoms with Gasteiger partial charge in [-0.05, 0) is 13.3 Å². The maximum atomic E-state index is 11.3. The summed E-state index contributed by atoms with van der Waals surface area (Å²) in [6.45, 7) is 3.97. The van der Waals surface area contributed by atoms with Crippen molar-refractivity contribution in [3.8, 4) is 17.3 Å². The van der Waals surface area contributed by atoms with Crippen LogP contribution in [-0.2, 0) is 4.79 Å². The van der Waals surface area contributed by atoms with E-state index in [0.717, 1.165) is 12.0 Å². The van der Waals surface area contributed by atoms with Crippen molar-refractivity contribution in [2.75, 3.05) is 0 Å². The van der Waals surface area contributed by atoms with E-state index >= 15 is 0 Å². The molecular weight excluding hydrogens is 228 g/mol. The van der Waals surface area contributed by atoms with Crippen molar-refractivity contribution in [1.82, 2.24) is 9.97 Å². The molecule has 2 aromatic rings. The van der Waals surface area contributed by atoms with Crippen LogP contribution in [-0.4, -0.2) is 15.9 Å². The summed E-state index contributed by atoms with van der Waals surface area (Å²) in [6.07, 6.45) is 2.72. The molecule has 0 saturated heterocycles. The van der Waals surface area contributed by atoms with E-state index in [1.54, 1.807) is 0 Å². The number of H-pyrrole nitrogens is 1. The molecule has 0 saturated carbocycles. The fraction of sp³-hybridized carbons (Fsp3) is 0.286. The van der Waals surface area contributed by atoms with Gasteiger partial charge in [0.05, 0.1) is 6.20 Å². The molecule has 0 aliphatic rings. The van der Waals surface area contributed by atoms with Crippen LogP contribution >= 0.6 is 0 Å². The third-order valence-corrected chi connectivity index (χ3v) is 2.56. The predicted molar refractivity (Wildman–Crippen MR) is 69.3 cm³/mol. The average Bonchev–Trinajstić information content (AvgIpc) is 2.78. The Kier molecular flexibility index (Phi) is 3.77. The Hall–Kier alpha value is -2.10. The van der Waals surface area contributed by atoms with Gasteiger partial charge in [0, 0.05) is 12.0 Å². The maximum Gasteiger partial charge on any atom is 0.312 e. The first-order valence-corrected chi connectivity index (χ1v) is 6.01. The number of hydrogen-bond acceptors (Lipinski definition) is 3. The zero-order valence-electron chi connectivity index (χ0n) is 10.6. The van der Waals surface area contributed by atoms with Crippen LogP contribution < -0.4 is 4.74 Å². The van der Waals surface area contributed by atoms with Gasteiger partial charge in [0.15, 0.2) is 0 Å². The number of imidazole rings is 1. The summed E-state index contributed by atoms with van der Waals surface area (Å²) in [7, 11) is 0. The second kappa shape index (κ2) is 5.49. The Labute approximate surface area is 106 Å². The van der Waals surface area contributed by atoms with Crippen molar-refractivity contribution in [2.24, 2.45) is 0 Å². The third-order valence-electron chi connectivity index (χ3n) is 2.56. The van der Waals surface area contributed by atoms with Gasteiger partial charge in [0.2, 0.25) is 5.88 Å². The SMILES string of the molecule is CCCC(=O)Oc1cnc(-c2ccc(C)cc2)[nH]1. The molecule has 0 amide bonds. The Morgan fingerprint density at radius 1 is 1.33 bits per heavy atom. The summed E-state index contributed by atoms with van der Waals surface area (Å²) >= 11 is 0. The van der Waals surface area contributed by atoms with Gasteiger partial charge in [-0.2, -0.15) is 0 Å². The van der Waals surface area contributed by atoms with E-state index in [9.17, 15) is 4.79 Å². The molecule has 4 nitrogen and oxygen atoms in total. The molecule has 0 aliphatic carbocycles. The zero-order valence-corrected chi connectivity index (χ0v) is 10.6. The second-order valence-electron chi connectivity index (χ2n) is 4.19. The number of esters is 1. The Morgan fingerprint density at radius 2 is 2.06 bits per heavy atom. The average molecular weight is 244 g/mol. The number of aryl methyl sites for hydroxylation is 1. The second-order valence-corrected chi connectivity index (χ2v) is 4.19. The van der Waals surface area contributed by atoms with Crippen LogP contribution in [0.15, 0.2) is 30.5 Å². The minimum Gasteiger partial charge on any atom is -0.408 e. The van der Waals surface area contributed by atoms with E-state index in [1.807, 2.05) is 38.1 Å². The normalized spacial score (nSPS) is 10.3. The lowest BCUT2D eigenvalue weighted by molar-refractivity contribution is -0.134. The molecule has 1 aromatic heterocycles. The lowest BCUT2D eigenvalue weighted by Gasteiger charge is -1.99. The van der Waals surface area contributed by atoms with Crippen molar-refractivity contribution in [2.45, 2.75) is 26.7 Å². The highest BCUT2D eigenvalue weighted by Gasteiger charge is 2.07. The van der Waals surface area contributed by atoms with Crippen molar-refractivity contribution < 1.29 is 9.53 Å². The molecular formula is C14H16N2O2. The number of nitrogens with zero attached hydrogens (tertiary/aromatic N) is 1. The molecule has 1 heterocycles. The molecule has 0 atom stereocenters. The quantitative estimate of drug-likeness (QED) is 0.841. The van der Waals surface area contributed by atoms with Gasteiger partial charge in [-0.1, -0.05) is 36.8 Å². The summed E-state index contributed by atoms with van der Waals surface area (Å²) in [5, 5.41) is 0. The summed E-state index contributed by atoms with van der Waals surface area (Å²) < 4.78 is 5.12. The first-order valence-electron chi connectivity index (χ1n) is 6.01. The van der Waals surface area contributed by atoms with Gasteiger partial charge in [0.1, 0.15) is 5.82 Å². The first kappa shape index (κ1) is 12.4. The standard InChI is InChI=1S/C14H16N2O2/c1-3-4-13(17)18-12-9-15-14(16-12)11-7-5-10(2)6-8-11/h5-9H,3-4H2,1-2H3,(H,15,16). The Balaban J connectivity index is 2.10. The number of rotatable bonds is 4. The molecule has 0 bridgehead atoms. The van der Waals surface area contributed by atoms with Gasteiger partial charge in [-0.15, -0.1) is 0 Å². The zero-order chi connectivity index (χ0) is 13.0. The van der Waals surface area contributed by atoms with E-state index < -0.39 is 0 Å². The summed E-state index contributed by atoms with van der Waals surface area (Å²) in [6, 6.07) is 7.98. The molecule has 0 spiro atoms. The predicted octanol–water partition coefficient (Wildman–Crippen LogP) is 3.09. The fourth-order valence-electron chi connectivity index (χ4n) is 1.59. The van der Waals surface area contributed by atoms with E-state index in [4.69, 9.17) is 4.74 Å². The van der Waals surface area contributed by atoms with E-state index in [0.29, 0.717) is 18.1 Å². The largest absolute Gasteiger partial charge is 0.408 e. The first-order chi connectivity index (χ1) is 8.69. The van der Waals surface area contributed by atoms with Crippen LogP contribution in [0.1, 0.15) is 25.3 Å². The van der Waals surface area contributed by atoms with Crippen LogP contribution in [0.4, 0.5) is 0 Å². The summed E-state index contributed by atoms with van der Waals surface area (Å²) in [5.41, 5.74) is 2.17. The maximum absolute atomic E-state index is 11.3. The molecule has 1 N–H and O–H groups in total. The highest BCUT2D eigenvalue weighted by Crippen LogP contribution is 2.19. The van der Waals surface area contributed by atoms with Gasteiger partial charge in [-0.25, -0.2) is 4.98 Å². The highest BCUT2D eigenvalue weighted by molar-refractivity contribution is 5.72. The molecule has 94 valence electrons. The molecule has 0 radical (unpaired) electrons. The van der Waals surface area contributed by atoms with Crippen molar-refractivity contribution in [3.05, 3.63) is 36.0 Å². The van der Waals surface area contributed by atoms with Crippen LogP contribution in [0.3, 0.4) is 0 Å². The number of aromatic amines is 1. The minimum atomic E-state index is -0.239. The van der Waals surface area contributed by atoms with E-state index in [2.05, 4.69) is 9.97 Å². The Bertz CT molecular complexity index is 529. The van der Waals surface area contributed by atoms with Gasteiger partial charge in [0.25, 0.3) is 0 Å². The molecule has 18 heavy (non-hydrogen) atoms. The lowest BCUT2D eigenvalue weighted by Crippen LogP contribution is -2.06. The number of ether oxygens (including phenoxy) is 1. The van der Waals surface area contributed by atoms with Crippen molar-refractivity contribution >= 4 is 5.97 Å². The number of nitrogens with one attached hydrogen (secondary N) is 1. The van der Waals surface area contributed by atoms with Crippen molar-refractivity contribution in [3.63, 3.8) is 0 Å². The van der Waals surface area contributed by atoms with E-state index in [1.165, 1.54) is 11.8 Å². The third kappa shape index (κ3) is 2.97. The van der Waals surface area contributed by atoms with E-state index in [-0.39, 0.29) is 5.97 Å².